The molecule has 0 heterocycles. The summed E-state index contributed by atoms with van der Waals surface area (Å²) in [6.45, 7) is 6.10. The van der Waals surface area contributed by atoms with E-state index in [1.54, 1.807) is 13.0 Å². The van der Waals surface area contributed by atoms with Crippen LogP contribution in [0.25, 0.3) is 0 Å². The molecule has 0 bridgehead atoms. The van der Waals surface area contributed by atoms with E-state index in [9.17, 15) is 9.59 Å². The van der Waals surface area contributed by atoms with Crippen molar-refractivity contribution in [1.29, 1.82) is 0 Å². The molecule has 0 radical (unpaired) electrons. The fraction of sp³-hybridized carbons (Fsp3) is 0.692. The van der Waals surface area contributed by atoms with E-state index in [1.165, 1.54) is 0 Å². The number of nitrogens with one attached hydrogen (secondary N) is 1. The van der Waals surface area contributed by atoms with E-state index >= 15 is 0 Å². The molecule has 1 N–H and O–H groups in total. The Balaban J connectivity index is 2.51. The summed E-state index contributed by atoms with van der Waals surface area (Å²) in [4.78, 5) is 23.3. The molecule has 17 heavy (non-hydrogen) atoms. The quantitative estimate of drug-likeness (QED) is 0.569. The molecule has 0 aromatic heterocycles. The Morgan fingerprint density at radius 2 is 2.00 bits per heavy atom. The van der Waals surface area contributed by atoms with Crippen LogP contribution in [0.2, 0.25) is 0 Å². The van der Waals surface area contributed by atoms with Gasteiger partial charge < -0.3 is 10.1 Å². The van der Waals surface area contributed by atoms with Gasteiger partial charge in [-0.15, -0.1) is 0 Å². The molecular weight excluding hydrogens is 218 g/mol. The Bertz CT molecular complexity index is 330. The third-order valence-corrected chi connectivity index (χ3v) is 2.80. The van der Waals surface area contributed by atoms with Gasteiger partial charge in [-0.3, -0.25) is 4.79 Å². The zero-order valence-corrected chi connectivity index (χ0v) is 10.8. The number of hydrogen-bond donors (Lipinski definition) is 1. The van der Waals surface area contributed by atoms with Gasteiger partial charge in [-0.1, -0.05) is 18.9 Å². The first-order valence-electron chi connectivity index (χ1n) is 6.20. The number of carbonyl (C=O) groups is 2. The normalized spacial score (nSPS) is 17.5. The molecule has 1 fully saturated rings. The minimum atomic E-state index is -0.740. The Morgan fingerprint density at radius 1 is 1.35 bits per heavy atom. The number of ether oxygens (including phenoxy) is 1. The van der Waals surface area contributed by atoms with E-state index in [2.05, 4.69) is 12.2 Å². The van der Waals surface area contributed by atoms with Crippen molar-refractivity contribution in [3.8, 4) is 0 Å². The second-order valence-corrected chi connectivity index (χ2v) is 4.53. The molecule has 96 valence electrons. The first-order valence-corrected chi connectivity index (χ1v) is 6.20. The summed E-state index contributed by atoms with van der Waals surface area (Å²) in [6, 6.07) is 0. The molecule has 0 atom stereocenters. The standard InChI is InChI=1S/C13H21NO3/c1-4-6-10(3)9-11(15)14-13(7-8-13)12(16)17-5-2/h9H,4-8H2,1-3H3,(H,14,15)/b10-9+. The molecule has 1 amide bonds. The molecule has 1 aliphatic carbocycles. The van der Waals surface area contributed by atoms with E-state index in [0.29, 0.717) is 19.4 Å². The molecule has 1 saturated carbocycles. The number of allylic oxidation sites excluding steroid dienone is 1. The highest BCUT2D eigenvalue weighted by atomic mass is 16.5. The first kappa shape index (κ1) is 13.7. The van der Waals surface area contributed by atoms with Crippen molar-refractivity contribution in [1.82, 2.24) is 5.32 Å². The first-order chi connectivity index (χ1) is 8.04. The average molecular weight is 239 g/mol. The topological polar surface area (TPSA) is 55.4 Å². The van der Waals surface area contributed by atoms with Crippen molar-refractivity contribution in [2.24, 2.45) is 0 Å². The van der Waals surface area contributed by atoms with Crippen LogP contribution in [0.15, 0.2) is 11.6 Å². The summed E-state index contributed by atoms with van der Waals surface area (Å²) in [7, 11) is 0. The predicted octanol–water partition coefficient (Wildman–Crippen LogP) is 1.94. The van der Waals surface area contributed by atoms with E-state index in [0.717, 1.165) is 18.4 Å². The Kier molecular flexibility index (Phi) is 4.73. The molecule has 0 saturated heterocycles. The van der Waals surface area contributed by atoms with Gasteiger partial charge in [0.15, 0.2) is 0 Å². The van der Waals surface area contributed by atoms with Gasteiger partial charge in [0.2, 0.25) is 5.91 Å². The average Bonchev–Trinajstić information content (AvgIpc) is 2.99. The van der Waals surface area contributed by atoms with Crippen LogP contribution in [0.3, 0.4) is 0 Å². The van der Waals surface area contributed by atoms with Crippen molar-refractivity contribution in [3.05, 3.63) is 11.6 Å². The van der Waals surface area contributed by atoms with Gasteiger partial charge in [-0.2, -0.15) is 0 Å². The molecule has 1 aliphatic rings. The van der Waals surface area contributed by atoms with Crippen LogP contribution in [0, 0.1) is 0 Å². The predicted molar refractivity (Wildman–Crippen MR) is 65.4 cm³/mol. The fourth-order valence-electron chi connectivity index (χ4n) is 1.74. The third-order valence-electron chi connectivity index (χ3n) is 2.80. The zero-order valence-electron chi connectivity index (χ0n) is 10.8. The summed E-state index contributed by atoms with van der Waals surface area (Å²) >= 11 is 0. The SMILES string of the molecule is CCC/C(C)=C/C(=O)NC1(C(=O)OCC)CC1. The number of amides is 1. The molecule has 4 nitrogen and oxygen atoms in total. The van der Waals surface area contributed by atoms with Gasteiger partial charge in [0, 0.05) is 6.08 Å². The van der Waals surface area contributed by atoms with E-state index in [-0.39, 0.29) is 11.9 Å². The lowest BCUT2D eigenvalue weighted by molar-refractivity contribution is -0.148. The lowest BCUT2D eigenvalue weighted by Gasteiger charge is -2.14. The van der Waals surface area contributed by atoms with Crippen LogP contribution in [0.1, 0.15) is 46.5 Å². The van der Waals surface area contributed by atoms with Gasteiger partial charge in [0.1, 0.15) is 5.54 Å². The zero-order chi connectivity index (χ0) is 12.9. The van der Waals surface area contributed by atoms with Crippen molar-refractivity contribution in [2.45, 2.75) is 52.0 Å². The highest BCUT2D eigenvalue weighted by molar-refractivity contribution is 5.95. The maximum atomic E-state index is 11.7. The van der Waals surface area contributed by atoms with Gasteiger partial charge in [-0.25, -0.2) is 4.79 Å². The highest BCUT2D eigenvalue weighted by Crippen LogP contribution is 2.36. The molecule has 0 aliphatic heterocycles. The maximum Gasteiger partial charge on any atom is 0.331 e. The maximum absolute atomic E-state index is 11.7. The van der Waals surface area contributed by atoms with Gasteiger partial charge in [-0.05, 0) is 33.1 Å². The monoisotopic (exact) mass is 239 g/mol. The lowest BCUT2D eigenvalue weighted by atomic mass is 10.1. The van der Waals surface area contributed by atoms with E-state index < -0.39 is 5.54 Å². The Morgan fingerprint density at radius 3 is 2.47 bits per heavy atom. The van der Waals surface area contributed by atoms with Crippen LogP contribution < -0.4 is 5.32 Å². The molecule has 1 rings (SSSR count). The summed E-state index contributed by atoms with van der Waals surface area (Å²) in [5.74, 6) is -0.503. The lowest BCUT2D eigenvalue weighted by Crippen LogP contribution is -2.43. The van der Waals surface area contributed by atoms with Crippen LogP contribution in [-0.4, -0.2) is 24.0 Å². The number of hydrogen-bond acceptors (Lipinski definition) is 3. The van der Waals surface area contributed by atoms with Crippen LogP contribution in [0.5, 0.6) is 0 Å². The van der Waals surface area contributed by atoms with Crippen LogP contribution in [-0.2, 0) is 14.3 Å². The fourth-order valence-corrected chi connectivity index (χ4v) is 1.74. The van der Waals surface area contributed by atoms with Gasteiger partial charge in [0.25, 0.3) is 0 Å². The number of esters is 1. The van der Waals surface area contributed by atoms with Crippen LogP contribution >= 0.6 is 0 Å². The minimum Gasteiger partial charge on any atom is -0.464 e. The summed E-state index contributed by atoms with van der Waals surface area (Å²) in [6.07, 6.45) is 4.84. The van der Waals surface area contributed by atoms with Crippen LogP contribution in [0.4, 0.5) is 0 Å². The number of carbonyl (C=O) groups excluding carboxylic acids is 2. The molecule has 0 unspecified atom stereocenters. The second kappa shape index (κ2) is 5.84. The van der Waals surface area contributed by atoms with E-state index in [4.69, 9.17) is 4.74 Å². The summed E-state index contributed by atoms with van der Waals surface area (Å²) in [5.41, 5.74) is 0.292. The molecule has 0 aromatic carbocycles. The smallest absolute Gasteiger partial charge is 0.331 e. The Hall–Kier alpha value is -1.32. The molecule has 0 aromatic rings. The van der Waals surface area contributed by atoms with Gasteiger partial charge in [0.05, 0.1) is 6.61 Å². The third kappa shape index (κ3) is 3.88. The largest absolute Gasteiger partial charge is 0.464 e. The van der Waals surface area contributed by atoms with Gasteiger partial charge >= 0.3 is 5.97 Å². The number of rotatable bonds is 6. The summed E-state index contributed by atoms with van der Waals surface area (Å²) < 4.78 is 4.95. The Labute approximate surface area is 102 Å². The van der Waals surface area contributed by atoms with Crippen molar-refractivity contribution < 1.29 is 14.3 Å². The minimum absolute atomic E-state index is 0.193. The molecule has 4 heteroatoms. The molecular formula is C13H21NO3. The van der Waals surface area contributed by atoms with Crippen molar-refractivity contribution in [3.63, 3.8) is 0 Å². The molecule has 0 spiro atoms. The summed E-state index contributed by atoms with van der Waals surface area (Å²) in [5, 5.41) is 2.75. The second-order valence-electron chi connectivity index (χ2n) is 4.53. The highest BCUT2D eigenvalue weighted by Gasteiger charge is 2.52. The van der Waals surface area contributed by atoms with Crippen molar-refractivity contribution in [2.75, 3.05) is 6.61 Å². The van der Waals surface area contributed by atoms with E-state index in [1.807, 2.05) is 6.92 Å². The van der Waals surface area contributed by atoms with Crippen molar-refractivity contribution >= 4 is 11.9 Å².